The summed E-state index contributed by atoms with van der Waals surface area (Å²) in [4.78, 5) is 0. The van der Waals surface area contributed by atoms with E-state index in [1.807, 2.05) is 30.3 Å². The van der Waals surface area contributed by atoms with Crippen LogP contribution < -0.4 is 0 Å². The highest BCUT2D eigenvalue weighted by molar-refractivity contribution is 7.86. The molecule has 0 aliphatic carbocycles. The summed E-state index contributed by atoms with van der Waals surface area (Å²) in [5, 5.41) is 9.23. The zero-order valence-electron chi connectivity index (χ0n) is 12.5. The molecular weight excluding hydrogens is 288 g/mol. The van der Waals surface area contributed by atoms with Gasteiger partial charge in [-0.05, 0) is 30.7 Å². The summed E-state index contributed by atoms with van der Waals surface area (Å²) in [7, 11) is -1.79. The van der Waals surface area contributed by atoms with Gasteiger partial charge in [-0.2, -0.15) is 17.0 Å². The van der Waals surface area contributed by atoms with E-state index in [-0.39, 0.29) is 12.5 Å². The fourth-order valence-electron chi connectivity index (χ4n) is 2.63. The van der Waals surface area contributed by atoms with E-state index >= 15 is 0 Å². The van der Waals surface area contributed by atoms with Crippen molar-refractivity contribution < 1.29 is 13.5 Å². The largest absolute Gasteiger partial charge is 0.396 e. The lowest BCUT2D eigenvalue weighted by atomic mass is 10.0. The normalized spacial score (nSPS) is 20.8. The van der Waals surface area contributed by atoms with Crippen LogP contribution in [0.2, 0.25) is 0 Å². The lowest BCUT2D eigenvalue weighted by molar-refractivity contribution is 0.161. The molecule has 5 nitrogen and oxygen atoms in total. The van der Waals surface area contributed by atoms with Crippen molar-refractivity contribution in [3.8, 4) is 0 Å². The third-order valence-electron chi connectivity index (χ3n) is 4.02. The molecule has 0 aromatic heterocycles. The second-order valence-electron chi connectivity index (χ2n) is 5.61. The molecular formula is C15H24N2O3S. The summed E-state index contributed by atoms with van der Waals surface area (Å²) >= 11 is 0. The number of rotatable bonds is 6. The molecule has 0 spiro atoms. The molecule has 1 saturated heterocycles. The van der Waals surface area contributed by atoms with Crippen LogP contribution in [0.15, 0.2) is 30.3 Å². The first-order valence-electron chi connectivity index (χ1n) is 7.40. The Labute approximate surface area is 127 Å². The third kappa shape index (κ3) is 4.26. The Kier molecular flexibility index (Phi) is 5.75. The van der Waals surface area contributed by atoms with Crippen LogP contribution >= 0.6 is 0 Å². The summed E-state index contributed by atoms with van der Waals surface area (Å²) < 4.78 is 28.0. The van der Waals surface area contributed by atoms with Gasteiger partial charge in [-0.25, -0.2) is 0 Å². The number of nitrogens with zero attached hydrogens (tertiary/aromatic N) is 2. The molecule has 0 saturated carbocycles. The molecule has 21 heavy (non-hydrogen) atoms. The van der Waals surface area contributed by atoms with E-state index in [9.17, 15) is 13.5 Å². The highest BCUT2D eigenvalue weighted by atomic mass is 32.2. The van der Waals surface area contributed by atoms with Gasteiger partial charge >= 0.3 is 0 Å². The van der Waals surface area contributed by atoms with E-state index in [1.165, 1.54) is 8.61 Å². The number of piperidine rings is 1. The fourth-order valence-corrected chi connectivity index (χ4v) is 4.10. The van der Waals surface area contributed by atoms with Gasteiger partial charge in [-0.1, -0.05) is 30.3 Å². The van der Waals surface area contributed by atoms with Gasteiger partial charge < -0.3 is 5.11 Å². The Morgan fingerprint density at radius 3 is 2.71 bits per heavy atom. The van der Waals surface area contributed by atoms with Crippen LogP contribution in [0.3, 0.4) is 0 Å². The third-order valence-corrected chi connectivity index (χ3v) is 5.97. The van der Waals surface area contributed by atoms with Crippen molar-refractivity contribution in [2.75, 3.05) is 33.3 Å². The van der Waals surface area contributed by atoms with E-state index in [4.69, 9.17) is 0 Å². The Bertz CT molecular complexity index is 533. The minimum Gasteiger partial charge on any atom is -0.396 e. The van der Waals surface area contributed by atoms with Gasteiger partial charge in [0, 0.05) is 33.3 Å². The maximum absolute atomic E-state index is 12.5. The van der Waals surface area contributed by atoms with Gasteiger partial charge in [-0.15, -0.1) is 0 Å². The van der Waals surface area contributed by atoms with Crippen LogP contribution in [0.5, 0.6) is 0 Å². The molecule has 1 heterocycles. The van der Waals surface area contributed by atoms with E-state index in [2.05, 4.69) is 0 Å². The minimum atomic E-state index is -3.42. The van der Waals surface area contributed by atoms with Crippen LogP contribution in [-0.4, -0.2) is 55.4 Å². The van der Waals surface area contributed by atoms with Crippen molar-refractivity contribution in [2.24, 2.45) is 5.92 Å². The van der Waals surface area contributed by atoms with Crippen molar-refractivity contribution in [1.82, 2.24) is 8.61 Å². The zero-order valence-corrected chi connectivity index (χ0v) is 13.3. The maximum atomic E-state index is 12.5. The highest BCUT2D eigenvalue weighted by Gasteiger charge is 2.31. The Morgan fingerprint density at radius 2 is 2.05 bits per heavy atom. The number of aliphatic hydroxyl groups excluding tert-OH is 1. The first-order valence-corrected chi connectivity index (χ1v) is 8.80. The molecule has 0 radical (unpaired) electrons. The molecule has 1 aromatic rings. The molecule has 1 N–H and O–H groups in total. The Hall–Kier alpha value is -0.950. The number of likely N-dealkylation sites (N-methyl/N-ethyl adjacent to an activating group) is 1. The predicted molar refractivity (Wildman–Crippen MR) is 83.1 cm³/mol. The van der Waals surface area contributed by atoms with Crippen LogP contribution in [0.4, 0.5) is 0 Å². The van der Waals surface area contributed by atoms with Gasteiger partial charge in [0.1, 0.15) is 0 Å². The second kappa shape index (κ2) is 7.35. The van der Waals surface area contributed by atoms with Crippen LogP contribution in [0.25, 0.3) is 0 Å². The van der Waals surface area contributed by atoms with E-state index in [0.717, 1.165) is 18.4 Å². The van der Waals surface area contributed by atoms with Crippen LogP contribution in [-0.2, 0) is 16.6 Å². The van der Waals surface area contributed by atoms with Crippen molar-refractivity contribution >= 4 is 10.2 Å². The summed E-state index contributed by atoms with van der Waals surface area (Å²) in [6.07, 6.45) is 2.42. The SMILES string of the molecule is CN(CCc1ccccc1)S(=O)(=O)N1CCCC(CO)C1. The molecule has 0 bridgehead atoms. The van der Waals surface area contributed by atoms with Crippen LogP contribution in [0.1, 0.15) is 18.4 Å². The minimum absolute atomic E-state index is 0.0553. The Balaban J connectivity index is 1.95. The van der Waals surface area contributed by atoms with Crippen LogP contribution in [0, 0.1) is 5.92 Å². The second-order valence-corrected chi connectivity index (χ2v) is 7.65. The standard InChI is InChI=1S/C15H24N2O3S/c1-16(11-9-14-6-3-2-4-7-14)21(19,20)17-10-5-8-15(12-17)13-18/h2-4,6-7,15,18H,5,8-13H2,1H3. The summed E-state index contributed by atoms with van der Waals surface area (Å²) in [6.45, 7) is 1.50. The van der Waals surface area contributed by atoms with E-state index in [0.29, 0.717) is 26.1 Å². The van der Waals surface area contributed by atoms with E-state index in [1.54, 1.807) is 7.05 Å². The topological polar surface area (TPSA) is 60.9 Å². The van der Waals surface area contributed by atoms with Gasteiger partial charge in [0.05, 0.1) is 0 Å². The fraction of sp³-hybridized carbons (Fsp3) is 0.600. The zero-order chi connectivity index (χ0) is 15.3. The average molecular weight is 312 g/mol. The first-order chi connectivity index (χ1) is 10.0. The quantitative estimate of drug-likeness (QED) is 0.856. The maximum Gasteiger partial charge on any atom is 0.281 e. The first kappa shape index (κ1) is 16.4. The van der Waals surface area contributed by atoms with Crippen molar-refractivity contribution in [3.05, 3.63) is 35.9 Å². The number of benzene rings is 1. The molecule has 118 valence electrons. The molecule has 1 aliphatic rings. The number of aliphatic hydroxyl groups is 1. The molecule has 0 amide bonds. The van der Waals surface area contributed by atoms with E-state index < -0.39 is 10.2 Å². The monoisotopic (exact) mass is 312 g/mol. The van der Waals surface area contributed by atoms with Crippen molar-refractivity contribution in [1.29, 1.82) is 0 Å². The Morgan fingerprint density at radius 1 is 1.33 bits per heavy atom. The van der Waals surface area contributed by atoms with Gasteiger partial charge in [0.2, 0.25) is 0 Å². The lowest BCUT2D eigenvalue weighted by Gasteiger charge is -2.33. The van der Waals surface area contributed by atoms with Gasteiger partial charge in [0.15, 0.2) is 0 Å². The predicted octanol–water partition coefficient (Wildman–Crippen LogP) is 1.11. The molecule has 1 atom stereocenters. The summed E-state index contributed by atoms with van der Waals surface area (Å²) in [6, 6.07) is 9.87. The number of hydrogen-bond acceptors (Lipinski definition) is 3. The average Bonchev–Trinajstić information content (AvgIpc) is 2.53. The molecule has 1 fully saturated rings. The lowest BCUT2D eigenvalue weighted by Crippen LogP contribution is -2.47. The van der Waals surface area contributed by atoms with Gasteiger partial charge in [0.25, 0.3) is 10.2 Å². The molecule has 1 aliphatic heterocycles. The molecule has 1 unspecified atom stereocenters. The molecule has 6 heteroatoms. The smallest absolute Gasteiger partial charge is 0.281 e. The molecule has 1 aromatic carbocycles. The van der Waals surface area contributed by atoms with Crippen molar-refractivity contribution in [3.63, 3.8) is 0 Å². The summed E-state index contributed by atoms with van der Waals surface area (Å²) in [5.41, 5.74) is 1.13. The molecule has 2 rings (SSSR count). The summed E-state index contributed by atoms with van der Waals surface area (Å²) in [5.74, 6) is 0.0658. The highest BCUT2D eigenvalue weighted by Crippen LogP contribution is 2.20. The number of hydrogen-bond donors (Lipinski definition) is 1. The van der Waals surface area contributed by atoms with Gasteiger partial charge in [-0.3, -0.25) is 0 Å². The van der Waals surface area contributed by atoms with Crippen molar-refractivity contribution in [2.45, 2.75) is 19.3 Å².